The number of fused-ring (bicyclic) bond motifs is 3. The van der Waals surface area contributed by atoms with E-state index < -0.39 is 5.97 Å². The van der Waals surface area contributed by atoms with Crippen molar-refractivity contribution in [3.8, 4) is 57.7 Å². The van der Waals surface area contributed by atoms with Gasteiger partial charge in [-0.3, -0.25) is 0 Å². The van der Waals surface area contributed by atoms with E-state index in [1.165, 1.54) is 0 Å². The van der Waals surface area contributed by atoms with E-state index in [1.54, 1.807) is 33.3 Å². The summed E-state index contributed by atoms with van der Waals surface area (Å²) in [4.78, 5) is 17.3. The smallest absolute Gasteiger partial charge is 0.356 e. The van der Waals surface area contributed by atoms with Crippen molar-refractivity contribution in [3.63, 3.8) is 0 Å². The zero-order valence-corrected chi connectivity index (χ0v) is 18.6. The van der Waals surface area contributed by atoms with Gasteiger partial charge in [-0.1, -0.05) is 24.1 Å². The normalized spacial score (nSPS) is 11.3. The molecule has 0 aliphatic carbocycles. The molecule has 1 aliphatic heterocycles. The number of ether oxygens (including phenoxy) is 5. The summed E-state index contributed by atoms with van der Waals surface area (Å²) in [6.07, 6.45) is 5.44. The average molecular weight is 445 g/mol. The lowest BCUT2D eigenvalue weighted by Gasteiger charge is -2.25. The highest BCUT2D eigenvalue weighted by atomic mass is 16.5. The summed E-state index contributed by atoms with van der Waals surface area (Å²) in [7, 11) is 3.14. The van der Waals surface area contributed by atoms with Gasteiger partial charge in [0.15, 0.2) is 23.0 Å². The molecule has 1 aromatic heterocycles. The van der Waals surface area contributed by atoms with E-state index in [1.807, 2.05) is 30.3 Å². The number of esters is 1. The Balaban J connectivity index is 2.03. The maximum atomic E-state index is 12.6. The maximum Gasteiger partial charge on any atom is 0.356 e. The molecule has 0 unspecified atom stereocenters. The summed E-state index contributed by atoms with van der Waals surface area (Å²) in [5.74, 6) is 4.10. The summed E-state index contributed by atoms with van der Waals surface area (Å²) in [6.45, 7) is 2.26. The number of benzene rings is 2. The van der Waals surface area contributed by atoms with Gasteiger partial charge in [0.2, 0.25) is 0 Å². The van der Waals surface area contributed by atoms with Crippen LogP contribution in [0.25, 0.3) is 22.4 Å². The lowest BCUT2D eigenvalue weighted by atomic mass is 9.91. The molecule has 2 heterocycles. The van der Waals surface area contributed by atoms with Crippen molar-refractivity contribution in [2.24, 2.45) is 0 Å². The van der Waals surface area contributed by atoms with Crippen molar-refractivity contribution < 1.29 is 28.5 Å². The number of hydrogen-bond donors (Lipinski definition) is 0. The Morgan fingerprint density at radius 2 is 1.85 bits per heavy atom. The van der Waals surface area contributed by atoms with Crippen molar-refractivity contribution in [2.75, 3.05) is 27.4 Å². The van der Waals surface area contributed by atoms with Gasteiger partial charge >= 0.3 is 5.97 Å². The molecule has 0 atom stereocenters. The Bertz CT molecular complexity index is 1240. The predicted octanol–water partition coefficient (Wildman–Crippen LogP) is 4.51. The van der Waals surface area contributed by atoms with Crippen LogP contribution in [0.3, 0.4) is 0 Å². The molecule has 0 fully saturated rings. The van der Waals surface area contributed by atoms with E-state index in [9.17, 15) is 4.79 Å². The van der Waals surface area contributed by atoms with Gasteiger partial charge in [-0.05, 0) is 31.2 Å². The summed E-state index contributed by atoms with van der Waals surface area (Å²) in [5.41, 5.74) is 3.71. The van der Waals surface area contributed by atoms with Gasteiger partial charge in [0.1, 0.15) is 18.9 Å². The zero-order valence-electron chi connectivity index (χ0n) is 18.6. The average Bonchev–Trinajstić information content (AvgIpc) is 2.85. The van der Waals surface area contributed by atoms with Crippen molar-refractivity contribution >= 4 is 5.97 Å². The van der Waals surface area contributed by atoms with E-state index in [0.29, 0.717) is 34.3 Å². The molecule has 7 nitrogen and oxygen atoms in total. The van der Waals surface area contributed by atoms with E-state index in [-0.39, 0.29) is 25.5 Å². The number of carbonyl (C=O) groups is 1. The topological polar surface area (TPSA) is 76.1 Å². The Kier molecular flexibility index (Phi) is 6.36. The van der Waals surface area contributed by atoms with Gasteiger partial charge in [0, 0.05) is 22.3 Å². The van der Waals surface area contributed by atoms with Crippen LogP contribution in [0.1, 0.15) is 23.0 Å². The van der Waals surface area contributed by atoms with Gasteiger partial charge < -0.3 is 23.7 Å². The largest absolute Gasteiger partial charge is 0.493 e. The summed E-state index contributed by atoms with van der Waals surface area (Å²) < 4.78 is 28.1. The van der Waals surface area contributed by atoms with Crippen LogP contribution in [-0.2, 0) is 11.3 Å². The highest BCUT2D eigenvalue weighted by Crippen LogP contribution is 2.49. The number of rotatable bonds is 7. The molecular formula is C26H23NO6. The van der Waals surface area contributed by atoms with Gasteiger partial charge in [0.05, 0.1) is 26.5 Å². The molecule has 1 aliphatic rings. The third-order valence-corrected chi connectivity index (χ3v) is 5.18. The standard InChI is InChI=1S/C26H23NO6/c1-5-13-32-25-18(10-8-12-21(25)30-4)23-22-16(14-19(27-23)26(28)31-6-2)15-33-24-17(22)9-7-11-20(24)29-3/h1,7-12,14H,6,13,15H2,2-4H3. The number of nitrogens with zero attached hydrogens (tertiary/aromatic N) is 1. The van der Waals surface area contributed by atoms with Crippen LogP contribution in [0.2, 0.25) is 0 Å². The number of aromatic nitrogens is 1. The molecule has 168 valence electrons. The molecule has 7 heteroatoms. The van der Waals surface area contributed by atoms with Gasteiger partial charge in [-0.2, -0.15) is 0 Å². The first kappa shape index (κ1) is 22.0. The molecule has 0 N–H and O–H groups in total. The van der Waals surface area contributed by atoms with Crippen LogP contribution in [-0.4, -0.2) is 38.4 Å². The Hall–Kier alpha value is -4.18. The molecule has 33 heavy (non-hydrogen) atoms. The van der Waals surface area contributed by atoms with Crippen molar-refractivity contribution in [2.45, 2.75) is 13.5 Å². The van der Waals surface area contributed by atoms with Crippen molar-refractivity contribution in [3.05, 3.63) is 53.7 Å². The minimum atomic E-state index is -0.521. The summed E-state index contributed by atoms with van der Waals surface area (Å²) >= 11 is 0. The van der Waals surface area contributed by atoms with Crippen molar-refractivity contribution in [1.82, 2.24) is 4.98 Å². The maximum absolute atomic E-state index is 12.6. The molecule has 0 radical (unpaired) electrons. The van der Waals surface area contributed by atoms with Gasteiger partial charge in [-0.25, -0.2) is 9.78 Å². The zero-order chi connectivity index (χ0) is 23.4. The number of methoxy groups -OCH3 is 2. The van der Waals surface area contributed by atoms with Crippen LogP contribution in [0, 0.1) is 12.3 Å². The van der Waals surface area contributed by atoms with Crippen molar-refractivity contribution in [1.29, 1.82) is 0 Å². The van der Waals surface area contributed by atoms with E-state index in [0.717, 1.165) is 16.7 Å². The van der Waals surface area contributed by atoms with Crippen LogP contribution in [0.5, 0.6) is 23.0 Å². The summed E-state index contributed by atoms with van der Waals surface area (Å²) in [5, 5.41) is 0. The first-order valence-corrected chi connectivity index (χ1v) is 10.4. The van der Waals surface area contributed by atoms with E-state index in [2.05, 4.69) is 5.92 Å². The fraction of sp³-hybridized carbons (Fsp3) is 0.231. The fourth-order valence-corrected chi connectivity index (χ4v) is 3.81. The fourth-order valence-electron chi connectivity index (χ4n) is 3.81. The monoisotopic (exact) mass is 445 g/mol. The minimum absolute atomic E-state index is 0.0423. The first-order chi connectivity index (χ1) is 16.1. The van der Waals surface area contributed by atoms with Crippen LogP contribution in [0.4, 0.5) is 0 Å². The number of carbonyl (C=O) groups excluding carboxylic acids is 1. The number of para-hydroxylation sites is 2. The predicted molar refractivity (Wildman–Crippen MR) is 123 cm³/mol. The molecular weight excluding hydrogens is 422 g/mol. The first-order valence-electron chi connectivity index (χ1n) is 10.4. The molecule has 0 amide bonds. The highest BCUT2D eigenvalue weighted by Gasteiger charge is 2.29. The quantitative estimate of drug-likeness (QED) is 0.391. The molecule has 0 bridgehead atoms. The van der Waals surface area contributed by atoms with Crippen LogP contribution >= 0.6 is 0 Å². The number of pyridine rings is 1. The van der Waals surface area contributed by atoms with Crippen LogP contribution in [0.15, 0.2) is 42.5 Å². The molecule has 4 rings (SSSR count). The highest BCUT2D eigenvalue weighted by molar-refractivity contribution is 5.95. The Labute approximate surface area is 192 Å². The summed E-state index contributed by atoms with van der Waals surface area (Å²) in [6, 6.07) is 12.8. The minimum Gasteiger partial charge on any atom is -0.493 e. The Morgan fingerprint density at radius 3 is 2.55 bits per heavy atom. The molecule has 0 saturated carbocycles. The second-order valence-electron chi connectivity index (χ2n) is 7.07. The second kappa shape index (κ2) is 9.53. The molecule has 0 spiro atoms. The molecule has 2 aromatic carbocycles. The second-order valence-corrected chi connectivity index (χ2v) is 7.07. The SMILES string of the molecule is C#CCOc1c(OC)cccc1-c1nc(C(=O)OCC)cc2c1-c1cccc(OC)c1OC2. The van der Waals surface area contributed by atoms with Crippen LogP contribution < -0.4 is 18.9 Å². The number of hydrogen-bond acceptors (Lipinski definition) is 7. The van der Waals surface area contributed by atoms with E-state index in [4.69, 9.17) is 35.1 Å². The number of terminal acetylenes is 1. The lowest BCUT2D eigenvalue weighted by Crippen LogP contribution is -2.14. The third kappa shape index (κ3) is 4.03. The van der Waals surface area contributed by atoms with Gasteiger partial charge in [-0.15, -0.1) is 6.42 Å². The van der Waals surface area contributed by atoms with Gasteiger partial charge in [0.25, 0.3) is 0 Å². The Morgan fingerprint density at radius 1 is 1.12 bits per heavy atom. The lowest BCUT2D eigenvalue weighted by molar-refractivity contribution is 0.0519. The molecule has 3 aromatic rings. The third-order valence-electron chi connectivity index (χ3n) is 5.18. The van der Waals surface area contributed by atoms with E-state index >= 15 is 0 Å². The molecule has 0 saturated heterocycles.